The van der Waals surface area contributed by atoms with Crippen LogP contribution in [0.4, 0.5) is 0 Å². The Morgan fingerprint density at radius 2 is 1.67 bits per heavy atom. The Labute approximate surface area is 191 Å². The molecule has 0 unspecified atom stereocenters. The predicted molar refractivity (Wildman–Crippen MR) is 122 cm³/mol. The maximum Gasteiger partial charge on any atom is 0.343 e. The zero-order chi connectivity index (χ0) is 23.2. The molecule has 33 heavy (non-hydrogen) atoms. The molecule has 6 heteroatoms. The maximum atomic E-state index is 12.8. The minimum Gasteiger partial charge on any atom is -0.454 e. The third-order valence-corrected chi connectivity index (χ3v) is 5.53. The number of hydrogen-bond acceptors (Lipinski definition) is 6. The van der Waals surface area contributed by atoms with Gasteiger partial charge in [0, 0.05) is 6.07 Å². The zero-order valence-electron chi connectivity index (χ0n) is 18.5. The Morgan fingerprint density at radius 3 is 2.42 bits per heavy atom. The molecule has 166 valence electrons. The average Bonchev–Trinajstić information content (AvgIpc) is 3.37. The van der Waals surface area contributed by atoms with E-state index in [4.69, 9.17) is 18.9 Å². The molecule has 5 rings (SSSR count). The standard InChI is InChI=1S/C27H22O6/c1-27(2,3)18-7-4-16(5-8-18)12-24-25(28)20-10-9-19(14-22(20)33-24)32-26(29)17-6-11-21-23(13-17)31-15-30-21/h4-14H,15H2,1-3H3. The second kappa shape index (κ2) is 7.81. The van der Waals surface area contributed by atoms with Crippen LogP contribution in [-0.4, -0.2) is 18.5 Å². The number of allylic oxidation sites excluding steroid dienone is 1. The van der Waals surface area contributed by atoms with Gasteiger partial charge in [-0.05, 0) is 52.9 Å². The molecule has 0 N–H and O–H groups in total. The van der Waals surface area contributed by atoms with Crippen molar-refractivity contribution in [2.75, 3.05) is 6.79 Å². The minimum absolute atomic E-state index is 0.0516. The second-order valence-corrected chi connectivity index (χ2v) is 8.93. The minimum atomic E-state index is -0.549. The first-order chi connectivity index (χ1) is 15.8. The number of benzene rings is 3. The normalized spacial score (nSPS) is 15.4. The van der Waals surface area contributed by atoms with Gasteiger partial charge in [-0.1, -0.05) is 45.0 Å². The average molecular weight is 442 g/mol. The molecule has 3 aromatic rings. The van der Waals surface area contributed by atoms with Crippen molar-refractivity contribution in [3.05, 3.63) is 88.7 Å². The first kappa shape index (κ1) is 20.8. The van der Waals surface area contributed by atoms with Crippen molar-refractivity contribution in [3.8, 4) is 23.0 Å². The van der Waals surface area contributed by atoms with Gasteiger partial charge in [-0.3, -0.25) is 4.79 Å². The molecular formula is C27H22O6. The lowest BCUT2D eigenvalue weighted by atomic mass is 9.86. The van der Waals surface area contributed by atoms with Crippen molar-refractivity contribution in [1.29, 1.82) is 0 Å². The summed E-state index contributed by atoms with van der Waals surface area (Å²) >= 11 is 0. The fourth-order valence-corrected chi connectivity index (χ4v) is 3.65. The Balaban J connectivity index is 1.33. The summed E-state index contributed by atoms with van der Waals surface area (Å²) in [6, 6.07) is 17.6. The molecule has 2 aliphatic rings. The molecule has 0 saturated heterocycles. The highest BCUT2D eigenvalue weighted by atomic mass is 16.7. The van der Waals surface area contributed by atoms with Crippen molar-refractivity contribution < 1.29 is 28.5 Å². The van der Waals surface area contributed by atoms with Crippen molar-refractivity contribution in [2.24, 2.45) is 0 Å². The molecule has 2 heterocycles. The Morgan fingerprint density at radius 1 is 0.909 bits per heavy atom. The molecule has 0 spiro atoms. The molecule has 0 saturated carbocycles. The molecule has 2 aliphatic heterocycles. The SMILES string of the molecule is CC(C)(C)c1ccc(C=C2Oc3cc(OC(=O)c4ccc5c(c4)OCO5)ccc3C2=O)cc1. The summed E-state index contributed by atoms with van der Waals surface area (Å²) in [7, 11) is 0. The van der Waals surface area contributed by atoms with E-state index in [9.17, 15) is 9.59 Å². The van der Waals surface area contributed by atoms with E-state index in [0.717, 1.165) is 5.56 Å². The lowest BCUT2D eigenvalue weighted by molar-refractivity contribution is 0.0734. The van der Waals surface area contributed by atoms with E-state index in [1.54, 1.807) is 42.5 Å². The lowest BCUT2D eigenvalue weighted by Gasteiger charge is -2.18. The summed E-state index contributed by atoms with van der Waals surface area (Å²) in [5, 5.41) is 0. The number of esters is 1. The van der Waals surface area contributed by atoms with E-state index in [-0.39, 0.29) is 29.5 Å². The van der Waals surface area contributed by atoms with Crippen molar-refractivity contribution in [3.63, 3.8) is 0 Å². The number of fused-ring (bicyclic) bond motifs is 2. The largest absolute Gasteiger partial charge is 0.454 e. The topological polar surface area (TPSA) is 71.1 Å². The fourth-order valence-electron chi connectivity index (χ4n) is 3.65. The van der Waals surface area contributed by atoms with E-state index in [2.05, 4.69) is 20.8 Å². The predicted octanol–water partition coefficient (Wildman–Crippen LogP) is 5.55. The molecular weight excluding hydrogens is 420 g/mol. The van der Waals surface area contributed by atoms with Crippen LogP contribution < -0.4 is 18.9 Å². The van der Waals surface area contributed by atoms with Crippen LogP contribution in [0.3, 0.4) is 0 Å². The second-order valence-electron chi connectivity index (χ2n) is 8.93. The fraction of sp³-hybridized carbons (Fsp3) is 0.185. The van der Waals surface area contributed by atoms with Crippen LogP contribution >= 0.6 is 0 Å². The van der Waals surface area contributed by atoms with E-state index in [1.165, 1.54) is 5.56 Å². The number of hydrogen-bond donors (Lipinski definition) is 0. The summed E-state index contributed by atoms with van der Waals surface area (Å²) in [6.45, 7) is 6.58. The monoisotopic (exact) mass is 442 g/mol. The Hall–Kier alpha value is -4.06. The quantitative estimate of drug-likeness (QED) is 0.301. The maximum absolute atomic E-state index is 12.8. The van der Waals surface area contributed by atoms with Crippen LogP contribution in [0.25, 0.3) is 6.08 Å². The Bertz CT molecular complexity index is 1300. The van der Waals surface area contributed by atoms with Crippen LogP contribution in [0, 0.1) is 0 Å². The molecule has 0 atom stereocenters. The van der Waals surface area contributed by atoms with Crippen LogP contribution in [0.1, 0.15) is 52.6 Å². The van der Waals surface area contributed by atoms with Gasteiger partial charge in [-0.2, -0.15) is 0 Å². The van der Waals surface area contributed by atoms with Crippen LogP contribution in [0.5, 0.6) is 23.0 Å². The summed E-state index contributed by atoms with van der Waals surface area (Å²) in [5.41, 5.74) is 2.89. The van der Waals surface area contributed by atoms with Gasteiger partial charge in [0.05, 0.1) is 11.1 Å². The molecule has 6 nitrogen and oxygen atoms in total. The molecule has 0 radical (unpaired) electrons. The molecule has 0 fully saturated rings. The number of ketones is 1. The first-order valence-electron chi connectivity index (χ1n) is 10.6. The third-order valence-electron chi connectivity index (χ3n) is 5.53. The van der Waals surface area contributed by atoms with Crippen LogP contribution in [0.2, 0.25) is 0 Å². The van der Waals surface area contributed by atoms with Gasteiger partial charge in [0.15, 0.2) is 17.3 Å². The van der Waals surface area contributed by atoms with Crippen molar-refractivity contribution in [1.82, 2.24) is 0 Å². The molecule has 3 aromatic carbocycles. The number of carbonyl (C=O) groups excluding carboxylic acids is 2. The van der Waals surface area contributed by atoms with Crippen LogP contribution in [-0.2, 0) is 5.41 Å². The summed E-state index contributed by atoms with van der Waals surface area (Å²) in [6.07, 6.45) is 1.72. The number of carbonyl (C=O) groups is 2. The van der Waals surface area contributed by atoms with Gasteiger partial charge in [0.2, 0.25) is 12.6 Å². The molecule has 0 aromatic heterocycles. The summed E-state index contributed by atoms with van der Waals surface area (Å²) < 4.78 is 21.8. The molecule has 0 amide bonds. The zero-order valence-corrected chi connectivity index (χ0v) is 18.5. The van der Waals surface area contributed by atoms with Gasteiger partial charge < -0.3 is 18.9 Å². The van der Waals surface area contributed by atoms with E-state index in [0.29, 0.717) is 28.4 Å². The smallest absolute Gasteiger partial charge is 0.343 e. The first-order valence-corrected chi connectivity index (χ1v) is 10.6. The number of ether oxygens (including phenoxy) is 4. The van der Waals surface area contributed by atoms with Gasteiger partial charge in [-0.25, -0.2) is 4.79 Å². The third kappa shape index (κ3) is 4.07. The van der Waals surface area contributed by atoms with Crippen molar-refractivity contribution in [2.45, 2.75) is 26.2 Å². The highest BCUT2D eigenvalue weighted by molar-refractivity contribution is 6.14. The van der Waals surface area contributed by atoms with E-state index in [1.807, 2.05) is 24.3 Å². The lowest BCUT2D eigenvalue weighted by Crippen LogP contribution is -2.10. The van der Waals surface area contributed by atoms with E-state index >= 15 is 0 Å². The van der Waals surface area contributed by atoms with Gasteiger partial charge in [-0.15, -0.1) is 0 Å². The number of rotatable bonds is 3. The highest BCUT2D eigenvalue weighted by Gasteiger charge is 2.28. The summed E-state index contributed by atoms with van der Waals surface area (Å²) in [4.78, 5) is 25.3. The van der Waals surface area contributed by atoms with Gasteiger partial charge in [0.1, 0.15) is 11.5 Å². The van der Waals surface area contributed by atoms with E-state index < -0.39 is 5.97 Å². The molecule has 0 aliphatic carbocycles. The van der Waals surface area contributed by atoms with Crippen LogP contribution in [0.15, 0.2) is 66.4 Å². The number of Topliss-reactive ketones (excluding diaryl/α,β-unsaturated/α-hetero) is 1. The Kier molecular flexibility index (Phi) is 4.93. The van der Waals surface area contributed by atoms with Gasteiger partial charge >= 0.3 is 5.97 Å². The van der Waals surface area contributed by atoms with Gasteiger partial charge in [0.25, 0.3) is 0 Å². The van der Waals surface area contributed by atoms with Crippen molar-refractivity contribution >= 4 is 17.8 Å². The molecule has 0 bridgehead atoms. The highest BCUT2D eigenvalue weighted by Crippen LogP contribution is 2.36. The summed E-state index contributed by atoms with van der Waals surface area (Å²) in [5.74, 6) is 1.19.